The monoisotopic (exact) mass is 434 g/mol. The first-order valence-electron chi connectivity index (χ1n) is 10.7. The van der Waals surface area contributed by atoms with Crippen LogP contribution in [0, 0.1) is 5.82 Å². The highest BCUT2D eigenvalue weighted by Gasteiger charge is 2.23. The number of nitrogens with two attached hydrogens (primary N) is 1. The molecule has 1 saturated heterocycles. The van der Waals surface area contributed by atoms with Gasteiger partial charge in [0.1, 0.15) is 11.6 Å². The molecule has 4 rings (SSSR count). The van der Waals surface area contributed by atoms with Gasteiger partial charge in [0.15, 0.2) is 0 Å². The van der Waals surface area contributed by atoms with E-state index < -0.39 is 11.7 Å². The van der Waals surface area contributed by atoms with Gasteiger partial charge in [0.2, 0.25) is 0 Å². The number of amides is 1. The molecule has 2 atom stereocenters. The number of pyridine rings is 1. The van der Waals surface area contributed by atoms with E-state index >= 15 is 0 Å². The summed E-state index contributed by atoms with van der Waals surface area (Å²) in [5.74, 6) is -0.760. The number of hydrogen-bond donors (Lipinski definition) is 2. The van der Waals surface area contributed by atoms with Crippen molar-refractivity contribution >= 4 is 17.4 Å². The number of carbonyl (C=O) groups excluding carboxylic acids is 1. The number of nitrogen functional groups attached to an aromatic ring is 1. The molecule has 3 aromatic rings. The molecule has 2 aromatic carbocycles. The van der Waals surface area contributed by atoms with Crippen LogP contribution in [0.3, 0.4) is 0 Å². The Balaban J connectivity index is 1.54. The topological polar surface area (TPSA) is 80.5 Å². The largest absolute Gasteiger partial charge is 0.383 e. The standard InChI is InChI=1S/C25H27FN4O2/c1-16-14-30(15-17(2)32-16)20-11-22(24(27)28-13-20)19-8-9-21(23(26)10-19)25(31)29-12-18-6-4-3-5-7-18/h3-11,13,16-17H,12,14-15H2,1-2H3,(H2,27,28)(H,29,31). The summed E-state index contributed by atoms with van der Waals surface area (Å²) in [5, 5.41) is 2.75. The van der Waals surface area contributed by atoms with Crippen LogP contribution in [0.25, 0.3) is 11.1 Å². The highest BCUT2D eigenvalue weighted by atomic mass is 19.1. The van der Waals surface area contributed by atoms with E-state index in [2.05, 4.69) is 15.2 Å². The highest BCUT2D eigenvalue weighted by Crippen LogP contribution is 2.31. The van der Waals surface area contributed by atoms with E-state index in [4.69, 9.17) is 10.5 Å². The summed E-state index contributed by atoms with van der Waals surface area (Å²) in [6.45, 7) is 5.88. The van der Waals surface area contributed by atoms with E-state index in [0.29, 0.717) is 23.5 Å². The molecule has 1 aromatic heterocycles. The van der Waals surface area contributed by atoms with Crippen molar-refractivity contribution in [2.24, 2.45) is 0 Å². The number of nitrogens with zero attached hydrogens (tertiary/aromatic N) is 2. The zero-order valence-electron chi connectivity index (χ0n) is 18.2. The molecule has 1 fully saturated rings. The number of rotatable bonds is 5. The van der Waals surface area contributed by atoms with Gasteiger partial charge in [-0.25, -0.2) is 9.37 Å². The van der Waals surface area contributed by atoms with Gasteiger partial charge in [0.05, 0.1) is 29.7 Å². The molecule has 0 radical (unpaired) electrons. The Morgan fingerprint density at radius 2 is 1.88 bits per heavy atom. The first kappa shape index (κ1) is 21.8. The third kappa shape index (κ3) is 4.89. The van der Waals surface area contributed by atoms with E-state index in [1.807, 2.05) is 50.2 Å². The summed E-state index contributed by atoms with van der Waals surface area (Å²) in [5.41, 5.74) is 9.15. The van der Waals surface area contributed by atoms with Crippen molar-refractivity contribution in [2.75, 3.05) is 23.7 Å². The summed E-state index contributed by atoms with van der Waals surface area (Å²) in [4.78, 5) is 19.0. The maximum Gasteiger partial charge on any atom is 0.254 e. The number of morpholine rings is 1. The molecule has 3 N–H and O–H groups in total. The summed E-state index contributed by atoms with van der Waals surface area (Å²) < 4.78 is 20.7. The Kier molecular flexibility index (Phi) is 6.37. The molecule has 166 valence electrons. The number of hydrogen-bond acceptors (Lipinski definition) is 5. The van der Waals surface area contributed by atoms with Crippen molar-refractivity contribution in [3.05, 3.63) is 77.7 Å². The minimum absolute atomic E-state index is 0.0109. The summed E-state index contributed by atoms with van der Waals surface area (Å²) >= 11 is 0. The minimum atomic E-state index is -0.605. The lowest BCUT2D eigenvalue weighted by molar-refractivity contribution is -0.00523. The van der Waals surface area contributed by atoms with Crippen molar-refractivity contribution in [2.45, 2.75) is 32.6 Å². The van der Waals surface area contributed by atoms with Crippen LogP contribution >= 0.6 is 0 Å². The second kappa shape index (κ2) is 9.36. The molecule has 0 bridgehead atoms. The molecule has 2 unspecified atom stereocenters. The third-order valence-corrected chi connectivity index (χ3v) is 5.51. The SMILES string of the molecule is CC1CN(c2cnc(N)c(-c3ccc(C(=O)NCc4ccccc4)c(F)c3)c2)CC(C)O1. The Hall–Kier alpha value is -3.45. The van der Waals surface area contributed by atoms with Crippen LogP contribution in [0.1, 0.15) is 29.8 Å². The molecule has 1 aliphatic heterocycles. The second-order valence-electron chi connectivity index (χ2n) is 8.15. The van der Waals surface area contributed by atoms with Crippen LogP contribution in [0.2, 0.25) is 0 Å². The molecular weight excluding hydrogens is 407 g/mol. The van der Waals surface area contributed by atoms with Gasteiger partial charge < -0.3 is 20.7 Å². The van der Waals surface area contributed by atoms with Gasteiger partial charge in [0.25, 0.3) is 5.91 Å². The number of aromatic nitrogens is 1. The first-order valence-corrected chi connectivity index (χ1v) is 10.7. The normalized spacial score (nSPS) is 18.4. The van der Waals surface area contributed by atoms with Gasteiger partial charge in [-0.15, -0.1) is 0 Å². The predicted molar refractivity (Wildman–Crippen MR) is 124 cm³/mol. The lowest BCUT2D eigenvalue weighted by atomic mass is 10.0. The molecule has 32 heavy (non-hydrogen) atoms. The van der Waals surface area contributed by atoms with Crippen LogP contribution in [0.15, 0.2) is 60.8 Å². The average Bonchev–Trinajstić information content (AvgIpc) is 2.78. The lowest BCUT2D eigenvalue weighted by Gasteiger charge is -2.36. The fourth-order valence-corrected chi connectivity index (χ4v) is 4.00. The molecular formula is C25H27FN4O2. The molecule has 0 saturated carbocycles. The van der Waals surface area contributed by atoms with E-state index in [1.54, 1.807) is 12.3 Å². The van der Waals surface area contributed by atoms with Gasteiger partial charge in [-0.3, -0.25) is 4.79 Å². The second-order valence-corrected chi connectivity index (χ2v) is 8.15. The molecule has 2 heterocycles. The molecule has 7 heteroatoms. The number of halogens is 1. The smallest absolute Gasteiger partial charge is 0.254 e. The number of benzene rings is 2. The number of nitrogens with one attached hydrogen (secondary N) is 1. The van der Waals surface area contributed by atoms with Crippen LogP contribution in [0.4, 0.5) is 15.9 Å². The van der Waals surface area contributed by atoms with E-state index in [1.165, 1.54) is 12.1 Å². The summed E-state index contributed by atoms with van der Waals surface area (Å²) in [6.07, 6.45) is 1.93. The highest BCUT2D eigenvalue weighted by molar-refractivity contribution is 5.95. The van der Waals surface area contributed by atoms with Crippen LogP contribution in [-0.2, 0) is 11.3 Å². The van der Waals surface area contributed by atoms with Crippen molar-refractivity contribution in [1.29, 1.82) is 0 Å². The number of anilines is 2. The Morgan fingerprint density at radius 3 is 2.56 bits per heavy atom. The van der Waals surface area contributed by atoms with Crippen molar-refractivity contribution in [3.63, 3.8) is 0 Å². The predicted octanol–water partition coefficient (Wildman–Crippen LogP) is 4.01. The maximum absolute atomic E-state index is 14.9. The van der Waals surface area contributed by atoms with E-state index in [9.17, 15) is 9.18 Å². The molecule has 1 aliphatic rings. The average molecular weight is 435 g/mol. The zero-order valence-corrected chi connectivity index (χ0v) is 18.2. The van der Waals surface area contributed by atoms with E-state index in [0.717, 1.165) is 24.3 Å². The first-order chi connectivity index (χ1) is 15.4. The number of carbonyl (C=O) groups is 1. The van der Waals surface area contributed by atoms with Gasteiger partial charge in [-0.2, -0.15) is 0 Å². The van der Waals surface area contributed by atoms with Crippen molar-refractivity contribution < 1.29 is 13.9 Å². The zero-order chi connectivity index (χ0) is 22.7. The number of ether oxygens (including phenoxy) is 1. The van der Waals surface area contributed by atoms with Crippen molar-refractivity contribution in [1.82, 2.24) is 10.3 Å². The Bertz CT molecular complexity index is 1100. The quantitative estimate of drug-likeness (QED) is 0.634. The van der Waals surface area contributed by atoms with Gasteiger partial charge in [0, 0.05) is 25.2 Å². The van der Waals surface area contributed by atoms with E-state index in [-0.39, 0.29) is 17.8 Å². The van der Waals surface area contributed by atoms with Crippen molar-refractivity contribution in [3.8, 4) is 11.1 Å². The van der Waals surface area contributed by atoms with Crippen LogP contribution in [0.5, 0.6) is 0 Å². The fourth-order valence-electron chi connectivity index (χ4n) is 4.00. The van der Waals surface area contributed by atoms with Gasteiger partial charge in [-0.05, 0) is 43.2 Å². The van der Waals surface area contributed by atoms with Gasteiger partial charge in [-0.1, -0.05) is 36.4 Å². The minimum Gasteiger partial charge on any atom is -0.383 e. The molecule has 1 amide bonds. The Labute approximate surface area is 187 Å². The fraction of sp³-hybridized carbons (Fsp3) is 0.280. The molecule has 0 spiro atoms. The Morgan fingerprint density at radius 1 is 1.16 bits per heavy atom. The van der Waals surface area contributed by atoms with Gasteiger partial charge >= 0.3 is 0 Å². The van der Waals surface area contributed by atoms with Crippen LogP contribution in [-0.4, -0.2) is 36.2 Å². The maximum atomic E-state index is 14.9. The molecule has 6 nitrogen and oxygen atoms in total. The lowest BCUT2D eigenvalue weighted by Crippen LogP contribution is -2.45. The molecule has 0 aliphatic carbocycles. The summed E-state index contributed by atoms with van der Waals surface area (Å²) in [7, 11) is 0. The summed E-state index contributed by atoms with van der Waals surface area (Å²) in [6, 6.07) is 15.9. The van der Waals surface area contributed by atoms with Crippen LogP contribution < -0.4 is 16.0 Å². The third-order valence-electron chi connectivity index (χ3n) is 5.51.